The first-order chi connectivity index (χ1) is 12.5. The molecule has 1 aliphatic heterocycles. The molecule has 2 N–H and O–H groups in total. The van der Waals surface area contributed by atoms with Crippen LogP contribution in [0.2, 0.25) is 0 Å². The number of hydrogen-bond donors (Lipinski definition) is 2. The number of likely N-dealkylation sites (tertiary alicyclic amines) is 1. The zero-order valence-electron chi connectivity index (χ0n) is 15.7. The predicted molar refractivity (Wildman–Crippen MR) is 101 cm³/mol. The molecule has 5 nitrogen and oxygen atoms in total. The van der Waals surface area contributed by atoms with Gasteiger partial charge in [0.2, 0.25) is 5.91 Å². The van der Waals surface area contributed by atoms with Gasteiger partial charge in [0.05, 0.1) is 6.04 Å². The third-order valence-electron chi connectivity index (χ3n) is 5.99. The van der Waals surface area contributed by atoms with Crippen LogP contribution in [0.15, 0.2) is 30.3 Å². The van der Waals surface area contributed by atoms with Crippen molar-refractivity contribution in [3.8, 4) is 0 Å². The Hall–Kier alpha value is -1.88. The Morgan fingerprint density at radius 2 is 1.96 bits per heavy atom. The quantitative estimate of drug-likeness (QED) is 0.786. The summed E-state index contributed by atoms with van der Waals surface area (Å²) in [6.07, 6.45) is 5.60. The first kappa shape index (κ1) is 18.9. The van der Waals surface area contributed by atoms with Crippen molar-refractivity contribution in [1.82, 2.24) is 10.2 Å². The molecule has 3 rings (SSSR count). The molecule has 0 radical (unpaired) electrons. The lowest BCUT2D eigenvalue weighted by Gasteiger charge is -2.31. The normalized spacial score (nSPS) is 27.2. The fraction of sp³-hybridized carbons (Fsp3) is 0.619. The molecule has 0 aromatic heterocycles. The Labute approximate surface area is 155 Å². The Balaban J connectivity index is 1.56. The molecular formula is C21H30N2O3. The summed E-state index contributed by atoms with van der Waals surface area (Å²) in [5.41, 5.74) is 1.29. The number of aliphatic carboxylic acids is 1. The van der Waals surface area contributed by atoms with E-state index in [9.17, 15) is 14.7 Å². The molecule has 2 aliphatic rings. The van der Waals surface area contributed by atoms with Crippen molar-refractivity contribution < 1.29 is 14.7 Å². The number of hydrogen-bond acceptors (Lipinski definition) is 3. The summed E-state index contributed by atoms with van der Waals surface area (Å²) in [5, 5.41) is 12.9. The summed E-state index contributed by atoms with van der Waals surface area (Å²) in [4.78, 5) is 26.3. The third-order valence-corrected chi connectivity index (χ3v) is 5.99. The van der Waals surface area contributed by atoms with Crippen molar-refractivity contribution in [3.63, 3.8) is 0 Å². The van der Waals surface area contributed by atoms with Gasteiger partial charge in [-0.25, -0.2) is 4.79 Å². The van der Waals surface area contributed by atoms with E-state index in [-0.39, 0.29) is 24.0 Å². The van der Waals surface area contributed by atoms with Crippen LogP contribution in [0, 0.1) is 5.92 Å². The van der Waals surface area contributed by atoms with Crippen molar-refractivity contribution in [1.29, 1.82) is 0 Å². The summed E-state index contributed by atoms with van der Waals surface area (Å²) in [5.74, 6) is -0.557. The molecule has 0 spiro atoms. The monoisotopic (exact) mass is 358 g/mol. The molecule has 2 fully saturated rings. The topological polar surface area (TPSA) is 69.6 Å². The highest BCUT2D eigenvalue weighted by Crippen LogP contribution is 2.41. The number of aryl methyl sites for hydroxylation is 1. The number of fused-ring (bicyclic) bond motifs is 1. The van der Waals surface area contributed by atoms with Gasteiger partial charge < -0.3 is 15.3 Å². The van der Waals surface area contributed by atoms with Crippen LogP contribution >= 0.6 is 0 Å². The molecule has 5 heteroatoms. The maximum absolute atomic E-state index is 13.0. The molecule has 5 atom stereocenters. The highest BCUT2D eigenvalue weighted by Gasteiger charge is 2.49. The molecule has 1 saturated carbocycles. The Morgan fingerprint density at radius 3 is 2.65 bits per heavy atom. The second kappa shape index (κ2) is 8.21. The maximum Gasteiger partial charge on any atom is 0.326 e. The van der Waals surface area contributed by atoms with Crippen LogP contribution in [0.5, 0.6) is 0 Å². The number of carboxylic acids is 1. The molecule has 1 heterocycles. The van der Waals surface area contributed by atoms with E-state index in [1.807, 2.05) is 25.1 Å². The van der Waals surface area contributed by atoms with Gasteiger partial charge >= 0.3 is 5.97 Å². The summed E-state index contributed by atoms with van der Waals surface area (Å²) in [7, 11) is 0. The molecule has 1 saturated heterocycles. The Bertz CT molecular complexity index is 633. The van der Waals surface area contributed by atoms with Gasteiger partial charge in [0.1, 0.15) is 6.04 Å². The standard InChI is InChI=1S/C21H30N2O3/c1-14(11-12-16-7-4-3-5-8-16)22-15(2)20(24)23-18-10-6-9-17(18)13-19(23)21(25)26/h3-5,7-8,14-15,17-19,22H,6,9-13H2,1-2H3,(H,25,26)/t14-,15+,17-,18-,19-/m0/s1. The largest absolute Gasteiger partial charge is 0.480 e. The van der Waals surface area contributed by atoms with Crippen molar-refractivity contribution in [2.75, 3.05) is 0 Å². The van der Waals surface area contributed by atoms with Crippen LogP contribution in [0.1, 0.15) is 51.5 Å². The number of nitrogens with one attached hydrogen (secondary N) is 1. The van der Waals surface area contributed by atoms with Crippen LogP contribution in [0.4, 0.5) is 0 Å². The average Bonchev–Trinajstić information content (AvgIpc) is 3.21. The lowest BCUT2D eigenvalue weighted by atomic mass is 10.0. The first-order valence-electron chi connectivity index (χ1n) is 9.82. The lowest BCUT2D eigenvalue weighted by molar-refractivity contribution is -0.150. The van der Waals surface area contributed by atoms with E-state index in [1.165, 1.54) is 5.56 Å². The van der Waals surface area contributed by atoms with E-state index in [2.05, 4.69) is 24.4 Å². The van der Waals surface area contributed by atoms with Crippen LogP contribution in [-0.4, -0.2) is 46.1 Å². The summed E-state index contributed by atoms with van der Waals surface area (Å²) in [6.45, 7) is 3.95. The van der Waals surface area contributed by atoms with Crippen LogP contribution in [0.3, 0.4) is 0 Å². The summed E-state index contributed by atoms with van der Waals surface area (Å²) in [6, 6.07) is 9.62. The minimum Gasteiger partial charge on any atom is -0.480 e. The number of benzene rings is 1. The Kier molecular flexibility index (Phi) is 5.97. The second-order valence-corrected chi connectivity index (χ2v) is 7.91. The van der Waals surface area contributed by atoms with Crippen molar-refractivity contribution >= 4 is 11.9 Å². The van der Waals surface area contributed by atoms with Gasteiger partial charge in [0.15, 0.2) is 0 Å². The van der Waals surface area contributed by atoms with Gasteiger partial charge in [0, 0.05) is 12.1 Å². The molecule has 1 aromatic carbocycles. The summed E-state index contributed by atoms with van der Waals surface area (Å²) < 4.78 is 0. The highest BCUT2D eigenvalue weighted by atomic mass is 16.4. The second-order valence-electron chi connectivity index (χ2n) is 7.91. The van der Waals surface area contributed by atoms with Gasteiger partial charge in [-0.2, -0.15) is 0 Å². The molecule has 142 valence electrons. The van der Waals surface area contributed by atoms with Crippen molar-refractivity contribution in [2.24, 2.45) is 5.92 Å². The number of nitrogens with zero attached hydrogens (tertiary/aromatic N) is 1. The zero-order chi connectivity index (χ0) is 18.7. The van der Waals surface area contributed by atoms with Crippen LogP contribution in [-0.2, 0) is 16.0 Å². The number of amides is 1. The molecule has 1 aromatic rings. The van der Waals surface area contributed by atoms with Crippen LogP contribution < -0.4 is 5.32 Å². The highest BCUT2D eigenvalue weighted by molar-refractivity contribution is 5.88. The van der Waals surface area contributed by atoms with Crippen molar-refractivity contribution in [2.45, 2.75) is 76.5 Å². The number of carbonyl (C=O) groups excluding carboxylic acids is 1. The predicted octanol–water partition coefficient (Wildman–Crippen LogP) is 2.84. The third kappa shape index (κ3) is 4.09. The van der Waals surface area contributed by atoms with E-state index in [1.54, 1.807) is 4.90 Å². The molecule has 0 unspecified atom stereocenters. The van der Waals surface area contributed by atoms with Gasteiger partial charge in [0.25, 0.3) is 0 Å². The SMILES string of the molecule is C[C@@H](CCc1ccccc1)N[C@H](C)C(=O)N1[C@H](C(=O)O)C[C@@H]2CCC[C@@H]21. The number of rotatable bonds is 7. The van der Waals surface area contributed by atoms with E-state index in [0.717, 1.165) is 32.1 Å². The van der Waals surface area contributed by atoms with E-state index >= 15 is 0 Å². The molecule has 1 aliphatic carbocycles. The fourth-order valence-electron chi connectivity index (χ4n) is 4.66. The van der Waals surface area contributed by atoms with Gasteiger partial charge in [-0.15, -0.1) is 0 Å². The summed E-state index contributed by atoms with van der Waals surface area (Å²) >= 11 is 0. The lowest BCUT2D eigenvalue weighted by Crippen LogP contribution is -2.53. The Morgan fingerprint density at radius 1 is 1.23 bits per heavy atom. The van der Waals surface area contributed by atoms with Crippen LogP contribution in [0.25, 0.3) is 0 Å². The van der Waals surface area contributed by atoms with Gasteiger partial charge in [-0.1, -0.05) is 36.8 Å². The van der Waals surface area contributed by atoms with E-state index in [4.69, 9.17) is 0 Å². The minimum atomic E-state index is -0.864. The molecular weight excluding hydrogens is 328 g/mol. The average molecular weight is 358 g/mol. The first-order valence-corrected chi connectivity index (χ1v) is 9.82. The number of carbonyl (C=O) groups is 2. The zero-order valence-corrected chi connectivity index (χ0v) is 15.7. The van der Waals surface area contributed by atoms with Crippen molar-refractivity contribution in [3.05, 3.63) is 35.9 Å². The smallest absolute Gasteiger partial charge is 0.326 e. The van der Waals surface area contributed by atoms with E-state index < -0.39 is 12.0 Å². The number of carboxylic acid groups (broad SMARTS) is 1. The van der Waals surface area contributed by atoms with E-state index in [0.29, 0.717) is 12.3 Å². The minimum absolute atomic E-state index is 0.0571. The maximum atomic E-state index is 13.0. The van der Waals surface area contributed by atoms with Gasteiger partial charge in [-0.05, 0) is 57.4 Å². The molecule has 1 amide bonds. The molecule has 26 heavy (non-hydrogen) atoms. The fourth-order valence-corrected chi connectivity index (χ4v) is 4.66. The van der Waals surface area contributed by atoms with Gasteiger partial charge in [-0.3, -0.25) is 4.79 Å². The molecule has 0 bridgehead atoms.